The van der Waals surface area contributed by atoms with Crippen LogP contribution in [0.2, 0.25) is 0 Å². The lowest BCUT2D eigenvalue weighted by Crippen LogP contribution is -2.25. The summed E-state index contributed by atoms with van der Waals surface area (Å²) in [5, 5.41) is 11.3. The molecule has 0 fully saturated rings. The number of benzene rings is 7. The number of nitrogens with one attached hydrogen (secondary N) is 1. The number of hydrogen-bond acceptors (Lipinski definition) is 11. The minimum Gasteiger partial charge on any atom is -0.496 e. The smallest absolute Gasteiger partial charge is 0.335 e. The highest BCUT2D eigenvalue weighted by molar-refractivity contribution is 7.83. The summed E-state index contributed by atoms with van der Waals surface area (Å²) in [6.45, 7) is 14.4. The molecule has 9 aromatic rings. The maximum Gasteiger partial charge on any atom is 0.335 e. The second-order valence-corrected chi connectivity index (χ2v) is 17.1. The van der Waals surface area contributed by atoms with Crippen LogP contribution in [0.25, 0.3) is 21.8 Å². The number of amides is 1. The summed E-state index contributed by atoms with van der Waals surface area (Å²) in [6, 6.07) is 57.0. The van der Waals surface area contributed by atoms with Gasteiger partial charge in [-0.3, -0.25) is 9.52 Å². The van der Waals surface area contributed by atoms with Crippen LogP contribution in [-0.4, -0.2) is 45.4 Å². The van der Waals surface area contributed by atoms with Crippen molar-refractivity contribution in [2.45, 2.75) is 65.9 Å². The van der Waals surface area contributed by atoms with E-state index in [0.29, 0.717) is 58.2 Å². The number of carbonyl (C=O) groups is 2. The summed E-state index contributed by atoms with van der Waals surface area (Å²) in [6.07, 6.45) is 1.75. The summed E-state index contributed by atoms with van der Waals surface area (Å²) < 4.78 is 49.4. The number of hydrogen-bond donors (Lipinski definition) is 2. The third-order valence-electron chi connectivity index (χ3n) is 10.7. The predicted molar refractivity (Wildman–Crippen MR) is 306 cm³/mol. The number of allylic oxidation sites excluding steroid dienone is 1. The van der Waals surface area contributed by atoms with Gasteiger partial charge in [0.15, 0.2) is 11.0 Å². The highest BCUT2D eigenvalue weighted by atomic mass is 32.2. The molecule has 0 aliphatic carbocycles. The Kier molecular flexibility index (Phi) is 24.2. The van der Waals surface area contributed by atoms with Crippen LogP contribution in [0.1, 0.15) is 77.8 Å². The molecule has 1 amide bonds. The van der Waals surface area contributed by atoms with Crippen molar-refractivity contribution in [1.29, 1.82) is 0 Å². The Labute approximate surface area is 453 Å². The molecule has 2 aromatic heterocycles. The minimum absolute atomic E-state index is 0.165. The number of nitrogens with zero attached hydrogens (tertiary/aromatic N) is 2. The summed E-state index contributed by atoms with van der Waals surface area (Å²) in [7, 11) is 1.37. The summed E-state index contributed by atoms with van der Waals surface area (Å²) in [5.74, 6) is 2.07. The van der Waals surface area contributed by atoms with Crippen molar-refractivity contribution < 1.29 is 47.3 Å². The van der Waals surface area contributed by atoms with Gasteiger partial charge in [0.25, 0.3) is 5.91 Å². The van der Waals surface area contributed by atoms with E-state index < -0.39 is 22.9 Å². The maximum absolute atomic E-state index is 12.6. The first-order valence-corrected chi connectivity index (χ1v) is 26.1. The molecule has 1 atom stereocenters. The Morgan fingerprint density at radius 3 is 1.36 bits per heavy atom. The molecule has 1 unspecified atom stereocenters. The normalized spacial score (nSPS) is 10.4. The van der Waals surface area contributed by atoms with Gasteiger partial charge in [-0.1, -0.05) is 125 Å². The van der Waals surface area contributed by atoms with Crippen molar-refractivity contribution in [3.8, 4) is 34.5 Å². The van der Waals surface area contributed by atoms with Crippen molar-refractivity contribution in [3.63, 3.8) is 0 Å². The van der Waals surface area contributed by atoms with Crippen molar-refractivity contribution in [1.82, 2.24) is 14.7 Å². The number of aromatic carboxylic acids is 1. The first-order chi connectivity index (χ1) is 37.6. The molecule has 0 radical (unpaired) electrons. The highest BCUT2D eigenvalue weighted by Gasteiger charge is 2.15. The van der Waals surface area contributed by atoms with E-state index in [2.05, 4.69) is 21.3 Å². The number of carbonyl (C=O) groups excluding carboxylic acids is 1. The zero-order valence-electron chi connectivity index (χ0n) is 44.4. The topological polar surface area (TPSA) is 165 Å². The minimum atomic E-state index is -1.66. The molecular formula is C63H65N3O10S. The molecule has 0 saturated heterocycles. The molecule has 9 rings (SSSR count). The second kappa shape index (κ2) is 31.7. The molecule has 77 heavy (non-hydrogen) atoms. The average molecular weight is 1060 g/mol. The zero-order valence-corrected chi connectivity index (χ0v) is 45.3. The van der Waals surface area contributed by atoms with Crippen LogP contribution >= 0.6 is 0 Å². The van der Waals surface area contributed by atoms with E-state index in [0.717, 1.165) is 44.3 Å². The van der Waals surface area contributed by atoms with Crippen LogP contribution in [0.4, 0.5) is 0 Å². The number of pyridine rings is 2. The SMILES string of the molecule is C=CC.CC.CC.COc1cc(C(=O)NS(=O)c2ccccc2)ccc1COc1cccc(OCc2ccc3ccccc3n2)c1.COc1cc(C(=O)O)ccc1COc1cccc(OCc2ccc3ccccc3n2)c1. The molecule has 398 valence electrons. The van der Waals surface area contributed by atoms with E-state index in [-0.39, 0.29) is 18.8 Å². The Bertz CT molecular complexity index is 3330. The molecule has 2 heterocycles. The number of aromatic nitrogens is 2. The summed E-state index contributed by atoms with van der Waals surface area (Å²) in [5.41, 5.74) is 5.54. The molecular weight excluding hydrogens is 991 g/mol. The van der Waals surface area contributed by atoms with E-state index in [1.54, 1.807) is 60.7 Å². The van der Waals surface area contributed by atoms with Crippen LogP contribution in [0, 0.1) is 0 Å². The Balaban J connectivity index is 0.000000260. The maximum atomic E-state index is 12.6. The van der Waals surface area contributed by atoms with E-state index >= 15 is 0 Å². The fourth-order valence-electron chi connectivity index (χ4n) is 7.07. The molecule has 7 aromatic carbocycles. The highest BCUT2D eigenvalue weighted by Crippen LogP contribution is 2.28. The van der Waals surface area contributed by atoms with Gasteiger partial charge in [0, 0.05) is 39.6 Å². The predicted octanol–water partition coefficient (Wildman–Crippen LogP) is 14.2. The van der Waals surface area contributed by atoms with Crippen molar-refractivity contribution in [3.05, 3.63) is 234 Å². The van der Waals surface area contributed by atoms with Crippen LogP contribution in [0.15, 0.2) is 206 Å². The van der Waals surface area contributed by atoms with Crippen LogP contribution in [0.5, 0.6) is 34.5 Å². The van der Waals surface area contributed by atoms with E-state index in [9.17, 15) is 13.8 Å². The number of fused-ring (bicyclic) bond motifs is 2. The van der Waals surface area contributed by atoms with E-state index in [1.165, 1.54) is 26.4 Å². The van der Waals surface area contributed by atoms with Crippen LogP contribution in [0.3, 0.4) is 0 Å². The third-order valence-corrected chi connectivity index (χ3v) is 11.8. The van der Waals surface area contributed by atoms with Gasteiger partial charge < -0.3 is 33.5 Å². The van der Waals surface area contributed by atoms with Crippen molar-refractivity contribution >= 4 is 44.7 Å². The van der Waals surface area contributed by atoms with Gasteiger partial charge >= 0.3 is 5.97 Å². The number of rotatable bonds is 18. The van der Waals surface area contributed by atoms with E-state index in [1.807, 2.05) is 156 Å². The quantitative estimate of drug-likeness (QED) is 0.0783. The van der Waals surface area contributed by atoms with Gasteiger partial charge in [-0.25, -0.2) is 19.0 Å². The lowest BCUT2D eigenvalue weighted by Gasteiger charge is -2.13. The van der Waals surface area contributed by atoms with Gasteiger partial charge in [0.05, 0.1) is 47.1 Å². The summed E-state index contributed by atoms with van der Waals surface area (Å²) in [4.78, 5) is 33.5. The number of para-hydroxylation sites is 2. The molecule has 0 aliphatic heterocycles. The first-order valence-electron chi connectivity index (χ1n) is 25.0. The van der Waals surface area contributed by atoms with Crippen molar-refractivity contribution in [2.24, 2.45) is 0 Å². The standard InChI is InChI=1S/C31H26N2O5S.C25H21NO5.C3H6.2C2H6/c1-36-30-18-23(31(34)33-39(35)28-11-3-2-4-12-28)14-15-24(30)20-37-26-9-7-10-27(19-26)38-21-25-17-16-22-8-5-6-13-29(22)32-25;1-29-24-13-18(25(27)28)9-10-19(24)15-30-21-6-4-7-22(14-21)31-16-20-12-11-17-5-2-3-8-23(17)26-20;1-3-2;2*1-2/h2-19H,20-21H2,1H3,(H,33,34);2-14H,15-16H2,1H3,(H,27,28);3H,1H2,2H3;2*1-2H3. The van der Waals surface area contributed by atoms with Gasteiger partial charge in [0.1, 0.15) is 60.9 Å². The third kappa shape index (κ3) is 18.1. The molecule has 0 saturated carbocycles. The molecule has 2 N–H and O–H groups in total. The molecule has 0 aliphatic rings. The number of carboxylic acids is 1. The van der Waals surface area contributed by atoms with Crippen molar-refractivity contribution in [2.75, 3.05) is 14.2 Å². The van der Waals surface area contributed by atoms with Crippen LogP contribution in [-0.2, 0) is 37.4 Å². The summed E-state index contributed by atoms with van der Waals surface area (Å²) >= 11 is 0. The lowest BCUT2D eigenvalue weighted by molar-refractivity contribution is 0.0696. The van der Waals surface area contributed by atoms with E-state index in [4.69, 9.17) is 33.5 Å². The second-order valence-electron chi connectivity index (χ2n) is 15.9. The largest absolute Gasteiger partial charge is 0.496 e. The van der Waals surface area contributed by atoms with Gasteiger partial charge in [-0.15, -0.1) is 6.58 Å². The first kappa shape index (κ1) is 58.9. The number of methoxy groups -OCH3 is 2. The van der Waals surface area contributed by atoms with Gasteiger partial charge in [-0.2, -0.15) is 0 Å². The molecule has 0 spiro atoms. The number of ether oxygens (including phenoxy) is 6. The van der Waals surface area contributed by atoms with Gasteiger partial charge in [0.2, 0.25) is 0 Å². The molecule has 13 nitrogen and oxygen atoms in total. The zero-order chi connectivity index (χ0) is 55.4. The lowest BCUT2D eigenvalue weighted by atomic mass is 10.1. The van der Waals surface area contributed by atoms with Crippen LogP contribution < -0.4 is 33.1 Å². The number of carboxylic acid groups (broad SMARTS) is 1. The molecule has 0 bridgehead atoms. The average Bonchev–Trinajstić information content (AvgIpc) is 3.48. The van der Waals surface area contributed by atoms with Gasteiger partial charge in [-0.05, 0) is 91.9 Å². The fourth-order valence-corrected chi connectivity index (χ4v) is 7.88. The Morgan fingerprint density at radius 1 is 0.519 bits per heavy atom. The molecule has 14 heteroatoms. The Hall–Kier alpha value is -9.01. The monoisotopic (exact) mass is 1060 g/mol. The Morgan fingerprint density at radius 2 is 0.922 bits per heavy atom. The fraction of sp³-hybridized carbons (Fsp3) is 0.175.